The molecule has 4 heteroatoms. The van der Waals surface area contributed by atoms with Crippen LogP contribution in [0.4, 0.5) is 0 Å². The number of piperidine rings is 1. The second-order valence-electron chi connectivity index (χ2n) is 5.21. The minimum Gasteiger partial charge on any atom is -0.316 e. The molecule has 1 aliphatic heterocycles. The van der Waals surface area contributed by atoms with E-state index in [4.69, 9.17) is 0 Å². The molecule has 3 nitrogen and oxygen atoms in total. The van der Waals surface area contributed by atoms with Crippen molar-refractivity contribution in [2.45, 2.75) is 26.3 Å². The molecule has 18 heavy (non-hydrogen) atoms. The number of aromatic nitrogens is 1. The summed E-state index contributed by atoms with van der Waals surface area (Å²) in [6, 6.07) is 2.09. The third-order valence-electron chi connectivity index (χ3n) is 3.56. The fourth-order valence-electron chi connectivity index (χ4n) is 2.54. The van der Waals surface area contributed by atoms with Crippen molar-refractivity contribution in [3.05, 3.63) is 29.6 Å². The number of rotatable bonds is 4. The van der Waals surface area contributed by atoms with E-state index in [9.17, 15) is 0 Å². The number of pyridine rings is 1. The quantitative estimate of drug-likeness (QED) is 0.909. The van der Waals surface area contributed by atoms with Crippen LogP contribution < -0.4 is 5.32 Å². The van der Waals surface area contributed by atoms with Gasteiger partial charge >= 0.3 is 0 Å². The van der Waals surface area contributed by atoms with Crippen molar-refractivity contribution in [3.8, 4) is 0 Å². The SMILES string of the molecule is Cc1ccncc1CN(C)CC1CCCNC1.Cl. The Morgan fingerprint density at radius 3 is 3.00 bits per heavy atom. The first-order valence-corrected chi connectivity index (χ1v) is 6.54. The Hall–Kier alpha value is -0.640. The first kappa shape index (κ1) is 15.4. The molecule has 2 rings (SSSR count). The Kier molecular flexibility index (Phi) is 6.61. The van der Waals surface area contributed by atoms with E-state index in [1.54, 1.807) is 0 Å². The summed E-state index contributed by atoms with van der Waals surface area (Å²) in [5, 5.41) is 3.48. The van der Waals surface area contributed by atoms with Gasteiger partial charge in [-0.05, 0) is 63.0 Å². The van der Waals surface area contributed by atoms with Crippen molar-refractivity contribution in [1.29, 1.82) is 0 Å². The Balaban J connectivity index is 0.00000162. The smallest absolute Gasteiger partial charge is 0.0315 e. The largest absolute Gasteiger partial charge is 0.316 e. The lowest BCUT2D eigenvalue weighted by Gasteiger charge is -2.27. The third kappa shape index (κ3) is 4.56. The van der Waals surface area contributed by atoms with Crippen LogP contribution in [0.15, 0.2) is 18.5 Å². The molecule has 0 amide bonds. The van der Waals surface area contributed by atoms with Crippen LogP contribution in [0.25, 0.3) is 0 Å². The van der Waals surface area contributed by atoms with Crippen LogP contribution in [-0.4, -0.2) is 36.6 Å². The molecule has 1 atom stereocenters. The van der Waals surface area contributed by atoms with E-state index in [-0.39, 0.29) is 12.4 Å². The molecule has 0 spiro atoms. The van der Waals surface area contributed by atoms with Gasteiger partial charge < -0.3 is 10.2 Å². The molecule has 2 heterocycles. The zero-order valence-electron chi connectivity index (χ0n) is 11.4. The Bertz CT molecular complexity index is 351. The molecule has 0 bridgehead atoms. The first-order chi connectivity index (χ1) is 8.25. The maximum absolute atomic E-state index is 4.21. The van der Waals surface area contributed by atoms with Gasteiger partial charge in [-0.25, -0.2) is 0 Å². The molecule has 0 aromatic carbocycles. The number of nitrogens with zero attached hydrogens (tertiary/aromatic N) is 2. The average Bonchev–Trinajstić information content (AvgIpc) is 2.33. The maximum Gasteiger partial charge on any atom is 0.0315 e. The van der Waals surface area contributed by atoms with Crippen LogP contribution >= 0.6 is 12.4 Å². The Morgan fingerprint density at radius 2 is 2.33 bits per heavy atom. The second-order valence-corrected chi connectivity index (χ2v) is 5.21. The fourth-order valence-corrected chi connectivity index (χ4v) is 2.54. The zero-order valence-corrected chi connectivity index (χ0v) is 12.2. The van der Waals surface area contributed by atoms with Crippen LogP contribution in [-0.2, 0) is 6.54 Å². The molecule has 1 aliphatic rings. The summed E-state index contributed by atoms with van der Waals surface area (Å²) in [6.07, 6.45) is 6.54. The standard InChI is InChI=1S/C14H23N3.ClH/c1-12-5-7-16-9-14(12)11-17(2)10-13-4-3-6-15-8-13;/h5,7,9,13,15H,3-4,6,8,10-11H2,1-2H3;1H. The van der Waals surface area contributed by atoms with Crippen molar-refractivity contribution in [2.24, 2.45) is 5.92 Å². The fraction of sp³-hybridized carbons (Fsp3) is 0.643. The van der Waals surface area contributed by atoms with E-state index in [0.29, 0.717) is 0 Å². The highest BCUT2D eigenvalue weighted by Gasteiger charge is 2.15. The van der Waals surface area contributed by atoms with Crippen LogP contribution in [0.2, 0.25) is 0 Å². The third-order valence-corrected chi connectivity index (χ3v) is 3.56. The van der Waals surface area contributed by atoms with Gasteiger partial charge in [0.1, 0.15) is 0 Å². The maximum atomic E-state index is 4.21. The minimum atomic E-state index is 0. The van der Waals surface area contributed by atoms with Gasteiger partial charge in [-0.15, -0.1) is 12.4 Å². The number of nitrogens with one attached hydrogen (secondary N) is 1. The summed E-state index contributed by atoms with van der Waals surface area (Å²) in [7, 11) is 2.21. The van der Waals surface area contributed by atoms with E-state index in [2.05, 4.69) is 35.2 Å². The summed E-state index contributed by atoms with van der Waals surface area (Å²) >= 11 is 0. The van der Waals surface area contributed by atoms with Crippen molar-refractivity contribution < 1.29 is 0 Å². The molecule has 0 radical (unpaired) electrons. The Morgan fingerprint density at radius 1 is 1.50 bits per heavy atom. The molecular weight excluding hydrogens is 246 g/mol. The predicted molar refractivity (Wildman–Crippen MR) is 78.1 cm³/mol. The zero-order chi connectivity index (χ0) is 12.1. The van der Waals surface area contributed by atoms with Gasteiger partial charge in [-0.1, -0.05) is 0 Å². The molecule has 102 valence electrons. The lowest BCUT2D eigenvalue weighted by molar-refractivity contribution is 0.237. The normalized spacial score (nSPS) is 19.6. The van der Waals surface area contributed by atoms with E-state index in [1.807, 2.05) is 12.4 Å². The van der Waals surface area contributed by atoms with Gasteiger partial charge in [0.2, 0.25) is 0 Å². The van der Waals surface area contributed by atoms with Crippen molar-refractivity contribution in [1.82, 2.24) is 15.2 Å². The van der Waals surface area contributed by atoms with Crippen molar-refractivity contribution in [3.63, 3.8) is 0 Å². The van der Waals surface area contributed by atoms with Crippen molar-refractivity contribution >= 4 is 12.4 Å². The predicted octanol–water partition coefficient (Wildman–Crippen LogP) is 2.24. The van der Waals surface area contributed by atoms with E-state index in [1.165, 1.54) is 43.6 Å². The van der Waals surface area contributed by atoms with Crippen LogP contribution in [0, 0.1) is 12.8 Å². The van der Waals surface area contributed by atoms with Gasteiger partial charge in [0, 0.05) is 25.5 Å². The van der Waals surface area contributed by atoms with Gasteiger partial charge in [0.25, 0.3) is 0 Å². The lowest BCUT2D eigenvalue weighted by Crippen LogP contribution is -2.36. The highest BCUT2D eigenvalue weighted by molar-refractivity contribution is 5.85. The molecule has 1 fully saturated rings. The lowest BCUT2D eigenvalue weighted by atomic mass is 9.99. The highest BCUT2D eigenvalue weighted by atomic mass is 35.5. The topological polar surface area (TPSA) is 28.2 Å². The van der Waals surface area contributed by atoms with E-state index < -0.39 is 0 Å². The number of hydrogen-bond acceptors (Lipinski definition) is 3. The molecular formula is C14H24ClN3. The molecule has 1 aromatic rings. The van der Waals surface area contributed by atoms with Gasteiger partial charge in [0.15, 0.2) is 0 Å². The minimum absolute atomic E-state index is 0. The summed E-state index contributed by atoms with van der Waals surface area (Å²) in [5.74, 6) is 0.811. The van der Waals surface area contributed by atoms with Crippen LogP contribution in [0.5, 0.6) is 0 Å². The summed E-state index contributed by atoms with van der Waals surface area (Å²) < 4.78 is 0. The summed E-state index contributed by atoms with van der Waals surface area (Å²) in [5.41, 5.74) is 2.69. The molecule has 1 unspecified atom stereocenters. The number of hydrogen-bond donors (Lipinski definition) is 1. The molecule has 0 saturated carbocycles. The number of aryl methyl sites for hydroxylation is 1. The summed E-state index contributed by atoms with van der Waals surface area (Å²) in [6.45, 7) is 6.73. The van der Waals surface area contributed by atoms with Gasteiger partial charge in [-0.3, -0.25) is 4.98 Å². The van der Waals surface area contributed by atoms with E-state index in [0.717, 1.165) is 12.5 Å². The van der Waals surface area contributed by atoms with Crippen LogP contribution in [0.3, 0.4) is 0 Å². The first-order valence-electron chi connectivity index (χ1n) is 6.54. The van der Waals surface area contributed by atoms with Crippen LogP contribution in [0.1, 0.15) is 24.0 Å². The summed E-state index contributed by atoms with van der Waals surface area (Å²) in [4.78, 5) is 6.62. The Labute approximate surface area is 116 Å². The van der Waals surface area contributed by atoms with Gasteiger partial charge in [0.05, 0.1) is 0 Å². The van der Waals surface area contributed by atoms with Gasteiger partial charge in [-0.2, -0.15) is 0 Å². The van der Waals surface area contributed by atoms with Crippen molar-refractivity contribution in [2.75, 3.05) is 26.7 Å². The monoisotopic (exact) mass is 269 g/mol. The number of halogens is 1. The molecule has 1 aromatic heterocycles. The highest BCUT2D eigenvalue weighted by Crippen LogP contribution is 2.13. The molecule has 0 aliphatic carbocycles. The molecule has 1 N–H and O–H groups in total. The van der Waals surface area contributed by atoms with E-state index >= 15 is 0 Å². The molecule has 1 saturated heterocycles. The average molecular weight is 270 g/mol. The second kappa shape index (κ2) is 7.72.